The molecule has 1 atom stereocenters. The lowest BCUT2D eigenvalue weighted by molar-refractivity contribution is -0.140. The fourth-order valence-corrected chi connectivity index (χ4v) is 5.48. The summed E-state index contributed by atoms with van der Waals surface area (Å²) in [5, 5.41) is 2.60. The molecule has 7 nitrogen and oxygen atoms in total. The summed E-state index contributed by atoms with van der Waals surface area (Å²) in [7, 11) is -2.73. The highest BCUT2D eigenvalue weighted by molar-refractivity contribution is 7.92. The smallest absolute Gasteiger partial charge is 0.264 e. The van der Waals surface area contributed by atoms with Crippen molar-refractivity contribution in [1.29, 1.82) is 0 Å². The Hall–Kier alpha value is -3.72. The largest absolute Gasteiger partial charge is 0.357 e. The van der Waals surface area contributed by atoms with Crippen LogP contribution in [0.4, 0.5) is 10.1 Å². The predicted molar refractivity (Wildman–Crippen MR) is 142 cm³/mol. The lowest BCUT2D eigenvalue weighted by atomic mass is 10.1. The number of carbonyl (C=O) groups is 2. The molecule has 2 amide bonds. The molecule has 9 heteroatoms. The second-order valence-electron chi connectivity index (χ2n) is 8.85. The molecule has 0 spiro atoms. The number of nitrogens with zero attached hydrogens (tertiary/aromatic N) is 2. The van der Waals surface area contributed by atoms with Crippen LogP contribution in [0.3, 0.4) is 0 Å². The van der Waals surface area contributed by atoms with Crippen LogP contribution in [-0.4, -0.2) is 44.8 Å². The van der Waals surface area contributed by atoms with E-state index in [0.717, 1.165) is 33.1 Å². The van der Waals surface area contributed by atoms with Crippen molar-refractivity contribution >= 4 is 27.5 Å². The van der Waals surface area contributed by atoms with Gasteiger partial charge in [-0.05, 0) is 62.2 Å². The maximum absolute atomic E-state index is 13.8. The van der Waals surface area contributed by atoms with Crippen molar-refractivity contribution in [3.05, 3.63) is 95.3 Å². The molecule has 0 aliphatic heterocycles. The number of anilines is 1. The molecule has 0 bridgehead atoms. The van der Waals surface area contributed by atoms with E-state index in [0.29, 0.717) is 6.42 Å². The number of hydrogen-bond donors (Lipinski definition) is 1. The van der Waals surface area contributed by atoms with Crippen LogP contribution in [-0.2, 0) is 26.2 Å². The van der Waals surface area contributed by atoms with Gasteiger partial charge in [0.2, 0.25) is 11.8 Å². The minimum Gasteiger partial charge on any atom is -0.357 e. The maximum Gasteiger partial charge on any atom is 0.264 e. The van der Waals surface area contributed by atoms with Gasteiger partial charge in [-0.25, -0.2) is 12.8 Å². The summed E-state index contributed by atoms with van der Waals surface area (Å²) in [4.78, 5) is 27.8. The van der Waals surface area contributed by atoms with Gasteiger partial charge < -0.3 is 10.2 Å². The molecular weight excluding hydrogens is 493 g/mol. The van der Waals surface area contributed by atoms with Crippen LogP contribution in [0.25, 0.3) is 0 Å². The van der Waals surface area contributed by atoms with Crippen molar-refractivity contribution < 1.29 is 22.4 Å². The van der Waals surface area contributed by atoms with E-state index in [9.17, 15) is 22.4 Å². The molecule has 0 aliphatic rings. The van der Waals surface area contributed by atoms with Gasteiger partial charge in [-0.2, -0.15) is 0 Å². The van der Waals surface area contributed by atoms with Gasteiger partial charge in [0.05, 0.1) is 10.6 Å². The van der Waals surface area contributed by atoms with Crippen molar-refractivity contribution in [2.45, 2.75) is 44.7 Å². The molecule has 3 rings (SSSR count). The number of aryl methyl sites for hydroxylation is 2. The van der Waals surface area contributed by atoms with Crippen molar-refractivity contribution in [1.82, 2.24) is 10.2 Å². The highest BCUT2D eigenvalue weighted by Gasteiger charge is 2.33. The van der Waals surface area contributed by atoms with Crippen LogP contribution < -0.4 is 9.62 Å². The number of sulfonamides is 1. The molecule has 0 aliphatic carbocycles. The van der Waals surface area contributed by atoms with Crippen LogP contribution >= 0.6 is 0 Å². The SMILES string of the molecule is CCC(C(=O)NC)N(Cc1cccc(C)c1)C(=O)CN(c1ccc(C)cc1)S(=O)(=O)c1ccc(F)cc1. The fourth-order valence-electron chi connectivity index (χ4n) is 4.07. The number of likely N-dealkylation sites (N-methyl/N-ethyl adjacent to an activating group) is 1. The van der Waals surface area contributed by atoms with Gasteiger partial charge in [-0.3, -0.25) is 13.9 Å². The second-order valence-corrected chi connectivity index (χ2v) is 10.7. The number of halogens is 1. The van der Waals surface area contributed by atoms with Gasteiger partial charge in [0.25, 0.3) is 10.0 Å². The van der Waals surface area contributed by atoms with E-state index < -0.39 is 34.3 Å². The predicted octanol–water partition coefficient (Wildman–Crippen LogP) is 4.19. The zero-order valence-corrected chi connectivity index (χ0v) is 22.3. The van der Waals surface area contributed by atoms with Crippen molar-refractivity contribution in [3.63, 3.8) is 0 Å². The summed E-state index contributed by atoms with van der Waals surface area (Å²) in [6.07, 6.45) is 0.340. The van der Waals surface area contributed by atoms with E-state index in [1.54, 1.807) is 31.2 Å². The fraction of sp³-hybridized carbons (Fsp3) is 0.286. The topological polar surface area (TPSA) is 86.8 Å². The Labute approximate surface area is 218 Å². The Bertz CT molecular complexity index is 1340. The summed E-state index contributed by atoms with van der Waals surface area (Å²) in [5.74, 6) is -1.45. The van der Waals surface area contributed by atoms with Gasteiger partial charge >= 0.3 is 0 Å². The molecule has 3 aromatic rings. The molecule has 0 aromatic heterocycles. The molecule has 0 saturated carbocycles. The van der Waals surface area contributed by atoms with Crippen LogP contribution in [0.15, 0.2) is 77.7 Å². The number of benzene rings is 3. The van der Waals surface area contributed by atoms with Crippen molar-refractivity contribution in [3.8, 4) is 0 Å². The van der Waals surface area contributed by atoms with Gasteiger partial charge in [0.1, 0.15) is 18.4 Å². The number of amides is 2. The standard InChI is InChI=1S/C28H32FN3O4S/c1-5-26(28(34)30-4)31(18-22-8-6-7-21(3)17-22)27(33)19-32(24-13-9-20(2)10-14-24)37(35,36)25-15-11-23(29)12-16-25/h6-17,26H,5,18-19H2,1-4H3,(H,30,34). The van der Waals surface area contributed by atoms with Crippen LogP contribution in [0.2, 0.25) is 0 Å². The van der Waals surface area contributed by atoms with E-state index in [4.69, 9.17) is 0 Å². The summed E-state index contributed by atoms with van der Waals surface area (Å²) in [5.41, 5.74) is 3.02. The van der Waals surface area contributed by atoms with E-state index in [-0.39, 0.29) is 23.0 Å². The third kappa shape index (κ3) is 6.74. The zero-order valence-electron chi connectivity index (χ0n) is 21.4. The first-order valence-electron chi connectivity index (χ1n) is 12.0. The van der Waals surface area contributed by atoms with Gasteiger partial charge in [0.15, 0.2) is 0 Å². The molecule has 196 valence electrons. The minimum atomic E-state index is -4.23. The Morgan fingerprint density at radius 3 is 2.16 bits per heavy atom. The summed E-state index contributed by atoms with van der Waals surface area (Å²) in [6.45, 7) is 5.18. The molecule has 0 heterocycles. The Morgan fingerprint density at radius 2 is 1.59 bits per heavy atom. The van der Waals surface area contributed by atoms with Gasteiger partial charge in [-0.1, -0.05) is 54.4 Å². The lowest BCUT2D eigenvalue weighted by Crippen LogP contribution is -2.51. The highest BCUT2D eigenvalue weighted by Crippen LogP contribution is 2.25. The lowest BCUT2D eigenvalue weighted by Gasteiger charge is -2.33. The molecule has 0 fully saturated rings. The molecular formula is C28H32FN3O4S. The number of hydrogen-bond acceptors (Lipinski definition) is 4. The van der Waals surface area contributed by atoms with Crippen LogP contribution in [0.1, 0.15) is 30.0 Å². The molecule has 0 radical (unpaired) electrons. The molecule has 37 heavy (non-hydrogen) atoms. The third-order valence-corrected chi connectivity index (χ3v) is 7.86. The van der Waals surface area contributed by atoms with Crippen molar-refractivity contribution in [2.24, 2.45) is 0 Å². The number of carbonyl (C=O) groups excluding carboxylic acids is 2. The maximum atomic E-state index is 13.8. The molecule has 3 aromatic carbocycles. The van der Waals surface area contributed by atoms with Crippen LogP contribution in [0.5, 0.6) is 0 Å². The second kappa shape index (κ2) is 12.0. The zero-order chi connectivity index (χ0) is 27.2. The van der Waals surface area contributed by atoms with Crippen molar-refractivity contribution in [2.75, 3.05) is 17.9 Å². The van der Waals surface area contributed by atoms with Crippen LogP contribution in [0, 0.1) is 19.7 Å². The molecule has 1 N–H and O–H groups in total. The third-order valence-electron chi connectivity index (χ3n) is 6.07. The average molecular weight is 526 g/mol. The van der Waals surface area contributed by atoms with E-state index in [2.05, 4.69) is 5.32 Å². The Kier molecular flexibility index (Phi) is 9.04. The quantitative estimate of drug-likeness (QED) is 0.430. The van der Waals surface area contributed by atoms with E-state index >= 15 is 0 Å². The highest BCUT2D eigenvalue weighted by atomic mass is 32.2. The number of rotatable bonds is 10. The minimum absolute atomic E-state index is 0.130. The van der Waals surface area contributed by atoms with E-state index in [1.807, 2.05) is 38.1 Å². The summed E-state index contributed by atoms with van der Waals surface area (Å²) >= 11 is 0. The summed E-state index contributed by atoms with van der Waals surface area (Å²) in [6, 6.07) is 18.0. The Morgan fingerprint density at radius 1 is 0.946 bits per heavy atom. The Balaban J connectivity index is 2.05. The first kappa shape index (κ1) is 27.9. The normalized spacial score (nSPS) is 12.0. The van der Waals surface area contributed by atoms with E-state index in [1.165, 1.54) is 24.1 Å². The monoisotopic (exact) mass is 525 g/mol. The first-order chi connectivity index (χ1) is 17.6. The average Bonchev–Trinajstić information content (AvgIpc) is 2.87. The number of nitrogens with one attached hydrogen (secondary N) is 1. The first-order valence-corrected chi connectivity index (χ1v) is 13.4. The summed E-state index contributed by atoms with van der Waals surface area (Å²) < 4.78 is 41.9. The molecule has 1 unspecified atom stereocenters. The molecule has 0 saturated heterocycles. The van der Waals surface area contributed by atoms with Gasteiger partial charge in [0, 0.05) is 13.6 Å². The van der Waals surface area contributed by atoms with Gasteiger partial charge in [-0.15, -0.1) is 0 Å².